The van der Waals surface area contributed by atoms with E-state index < -0.39 is 0 Å². The highest BCUT2D eigenvalue weighted by molar-refractivity contribution is 5.85. The van der Waals surface area contributed by atoms with Crippen LogP contribution in [0.3, 0.4) is 0 Å². The summed E-state index contributed by atoms with van der Waals surface area (Å²) in [6, 6.07) is 17.4. The number of hydrogen-bond donors (Lipinski definition) is 2. The molecule has 32 heavy (non-hydrogen) atoms. The molecule has 0 amide bonds. The van der Waals surface area contributed by atoms with Gasteiger partial charge in [-0.2, -0.15) is 0 Å². The lowest BCUT2D eigenvalue weighted by atomic mass is 10.0. The number of hydrogen-bond acceptors (Lipinski definition) is 4. The third kappa shape index (κ3) is 4.05. The normalized spacial score (nSPS) is 18.5. The first-order valence-corrected chi connectivity index (χ1v) is 11.6. The average molecular weight is 429 g/mol. The number of methoxy groups -OCH3 is 1. The maximum Gasteiger partial charge on any atom is 0.126 e. The third-order valence-corrected chi connectivity index (χ3v) is 6.96. The van der Waals surface area contributed by atoms with Crippen LogP contribution >= 0.6 is 0 Å². The minimum Gasteiger partial charge on any atom is -0.497 e. The molecule has 166 valence electrons. The van der Waals surface area contributed by atoms with Gasteiger partial charge in [0.15, 0.2) is 0 Å². The summed E-state index contributed by atoms with van der Waals surface area (Å²) in [6.45, 7) is 4.00. The van der Waals surface area contributed by atoms with Crippen molar-refractivity contribution >= 4 is 27.6 Å². The monoisotopic (exact) mass is 428 g/mol. The van der Waals surface area contributed by atoms with Gasteiger partial charge in [0.25, 0.3) is 0 Å². The predicted molar refractivity (Wildman–Crippen MR) is 132 cm³/mol. The molecule has 5 rings (SSSR count). The van der Waals surface area contributed by atoms with Crippen LogP contribution in [0.4, 0.5) is 5.82 Å². The molecule has 1 saturated carbocycles. The van der Waals surface area contributed by atoms with Gasteiger partial charge in [-0.25, -0.2) is 4.98 Å². The van der Waals surface area contributed by atoms with Gasteiger partial charge in [-0.15, -0.1) is 0 Å². The number of rotatable bonds is 7. The Labute approximate surface area is 189 Å². The zero-order valence-corrected chi connectivity index (χ0v) is 19.2. The van der Waals surface area contributed by atoms with Gasteiger partial charge in [0.2, 0.25) is 0 Å². The van der Waals surface area contributed by atoms with E-state index >= 15 is 0 Å². The molecule has 0 radical (unpaired) electrons. The van der Waals surface area contributed by atoms with Crippen molar-refractivity contribution in [1.82, 2.24) is 14.9 Å². The first-order valence-electron chi connectivity index (χ1n) is 11.6. The molecule has 5 nitrogen and oxygen atoms in total. The smallest absolute Gasteiger partial charge is 0.126 e. The number of aromatic nitrogens is 2. The van der Waals surface area contributed by atoms with Gasteiger partial charge in [0.05, 0.1) is 12.6 Å². The summed E-state index contributed by atoms with van der Waals surface area (Å²) in [4.78, 5) is 4.84. The molecule has 2 atom stereocenters. The Morgan fingerprint density at radius 2 is 1.97 bits per heavy atom. The lowest BCUT2D eigenvalue weighted by Crippen LogP contribution is -2.35. The van der Waals surface area contributed by atoms with Crippen molar-refractivity contribution in [3.63, 3.8) is 0 Å². The van der Waals surface area contributed by atoms with Gasteiger partial charge in [-0.1, -0.05) is 24.6 Å². The highest BCUT2D eigenvalue weighted by atomic mass is 16.5. The lowest BCUT2D eigenvalue weighted by Gasteiger charge is -2.22. The van der Waals surface area contributed by atoms with Crippen molar-refractivity contribution in [2.75, 3.05) is 19.0 Å². The van der Waals surface area contributed by atoms with E-state index in [9.17, 15) is 0 Å². The number of fused-ring (bicyclic) bond motifs is 2. The van der Waals surface area contributed by atoms with E-state index in [0.717, 1.165) is 35.6 Å². The molecule has 2 heterocycles. The van der Waals surface area contributed by atoms with Gasteiger partial charge >= 0.3 is 0 Å². The average Bonchev–Trinajstić information content (AvgIpc) is 3.40. The van der Waals surface area contributed by atoms with Crippen LogP contribution in [0.5, 0.6) is 5.75 Å². The Kier molecular flexibility index (Phi) is 5.75. The zero-order chi connectivity index (χ0) is 22.1. The second kappa shape index (κ2) is 8.83. The maximum atomic E-state index is 5.36. The van der Waals surface area contributed by atoms with Crippen molar-refractivity contribution in [3.05, 3.63) is 65.9 Å². The standard InChI is InChI=1S/C27H32N4O/c1-18-13-27(30-25-12-11-21(32-3)14-23(18)25)29-15-19-7-6-9-24(19)28-16-20-17-31(2)26-10-5-4-8-22(20)26/h4-5,8,10-14,17,19,24,28H,6-7,9,15-16H2,1-3H3,(H,29,30)/t19-,24+/m1/s1. The molecule has 0 bridgehead atoms. The van der Waals surface area contributed by atoms with E-state index in [0.29, 0.717) is 12.0 Å². The van der Waals surface area contributed by atoms with Crippen LogP contribution in [0.2, 0.25) is 0 Å². The summed E-state index contributed by atoms with van der Waals surface area (Å²) in [5.41, 5.74) is 4.90. The van der Waals surface area contributed by atoms with Gasteiger partial charge in [-0.3, -0.25) is 0 Å². The Bertz CT molecular complexity index is 1250. The number of nitrogens with zero attached hydrogens (tertiary/aromatic N) is 2. The summed E-state index contributed by atoms with van der Waals surface area (Å²) in [5, 5.41) is 9.97. The molecular formula is C27H32N4O. The van der Waals surface area contributed by atoms with E-state index in [-0.39, 0.29) is 0 Å². The molecule has 1 fully saturated rings. The van der Waals surface area contributed by atoms with Crippen LogP contribution in [-0.4, -0.2) is 29.2 Å². The number of anilines is 1. The van der Waals surface area contributed by atoms with E-state index in [1.54, 1.807) is 7.11 Å². The van der Waals surface area contributed by atoms with Gasteiger partial charge < -0.3 is 19.9 Å². The van der Waals surface area contributed by atoms with Crippen LogP contribution in [0, 0.1) is 12.8 Å². The fraction of sp³-hybridized carbons (Fsp3) is 0.370. The SMILES string of the molecule is COc1ccc2nc(NC[C@H]3CCC[C@@H]3NCc3cn(C)c4ccccc34)cc(C)c2c1. The summed E-state index contributed by atoms with van der Waals surface area (Å²) in [5.74, 6) is 2.44. The summed E-state index contributed by atoms with van der Waals surface area (Å²) in [6.07, 6.45) is 6.03. The number of benzene rings is 2. The number of pyridine rings is 1. The van der Waals surface area contributed by atoms with Crippen LogP contribution in [0.15, 0.2) is 54.7 Å². The van der Waals surface area contributed by atoms with Gasteiger partial charge in [0, 0.05) is 48.7 Å². The number of aryl methyl sites for hydroxylation is 2. The topological polar surface area (TPSA) is 51.1 Å². The van der Waals surface area contributed by atoms with Crippen LogP contribution in [-0.2, 0) is 13.6 Å². The largest absolute Gasteiger partial charge is 0.497 e. The van der Waals surface area contributed by atoms with Crippen molar-refractivity contribution in [2.24, 2.45) is 13.0 Å². The molecule has 0 saturated heterocycles. The van der Waals surface area contributed by atoms with E-state index in [1.165, 1.54) is 41.3 Å². The molecule has 4 aromatic rings. The van der Waals surface area contributed by atoms with Crippen molar-refractivity contribution in [1.29, 1.82) is 0 Å². The van der Waals surface area contributed by atoms with Gasteiger partial charge in [0.1, 0.15) is 11.6 Å². The fourth-order valence-electron chi connectivity index (χ4n) is 5.18. The quantitative estimate of drug-likeness (QED) is 0.413. The molecule has 0 spiro atoms. The molecule has 0 unspecified atom stereocenters. The van der Waals surface area contributed by atoms with Crippen molar-refractivity contribution < 1.29 is 4.74 Å². The molecule has 0 aliphatic heterocycles. The number of para-hydroxylation sites is 1. The first kappa shape index (κ1) is 20.8. The second-order valence-electron chi connectivity index (χ2n) is 9.05. The molecule has 1 aliphatic rings. The fourth-order valence-corrected chi connectivity index (χ4v) is 5.18. The van der Waals surface area contributed by atoms with Crippen molar-refractivity contribution in [2.45, 2.75) is 38.8 Å². The summed E-state index contributed by atoms with van der Waals surface area (Å²) in [7, 11) is 3.83. The van der Waals surface area contributed by atoms with E-state index in [4.69, 9.17) is 9.72 Å². The lowest BCUT2D eigenvalue weighted by molar-refractivity contribution is 0.414. The maximum absolute atomic E-state index is 5.36. The molecular weight excluding hydrogens is 396 g/mol. The van der Waals surface area contributed by atoms with Crippen molar-refractivity contribution in [3.8, 4) is 5.75 Å². The van der Waals surface area contributed by atoms with E-state index in [1.807, 2.05) is 12.1 Å². The number of nitrogens with one attached hydrogen (secondary N) is 2. The highest BCUT2D eigenvalue weighted by Gasteiger charge is 2.27. The molecule has 2 N–H and O–H groups in total. The summed E-state index contributed by atoms with van der Waals surface area (Å²) >= 11 is 0. The minimum absolute atomic E-state index is 0.535. The Morgan fingerprint density at radius 3 is 2.84 bits per heavy atom. The highest BCUT2D eigenvalue weighted by Crippen LogP contribution is 2.29. The zero-order valence-electron chi connectivity index (χ0n) is 19.2. The van der Waals surface area contributed by atoms with Crippen LogP contribution in [0.1, 0.15) is 30.4 Å². The number of ether oxygens (including phenoxy) is 1. The molecule has 2 aromatic heterocycles. The van der Waals surface area contributed by atoms with Crippen LogP contribution in [0.25, 0.3) is 21.8 Å². The Morgan fingerprint density at radius 1 is 1.09 bits per heavy atom. The molecule has 5 heteroatoms. The predicted octanol–water partition coefficient (Wildman–Crippen LogP) is 5.41. The molecule has 1 aliphatic carbocycles. The third-order valence-electron chi connectivity index (χ3n) is 6.96. The molecule has 2 aromatic carbocycles. The summed E-state index contributed by atoms with van der Waals surface area (Å²) < 4.78 is 7.59. The first-order chi connectivity index (χ1) is 15.6. The second-order valence-corrected chi connectivity index (χ2v) is 9.05. The Hall–Kier alpha value is -3.05. The van der Waals surface area contributed by atoms with E-state index in [2.05, 4.69) is 71.8 Å². The van der Waals surface area contributed by atoms with Crippen LogP contribution < -0.4 is 15.4 Å². The Balaban J connectivity index is 1.24. The minimum atomic E-state index is 0.535. The van der Waals surface area contributed by atoms with Gasteiger partial charge in [-0.05, 0) is 67.1 Å².